The van der Waals surface area contributed by atoms with E-state index in [2.05, 4.69) is 79.8 Å². The second kappa shape index (κ2) is 5.33. The van der Waals surface area contributed by atoms with Gasteiger partial charge in [0.2, 0.25) is 0 Å². The predicted molar refractivity (Wildman–Crippen MR) is 74.5 cm³/mol. The van der Waals surface area contributed by atoms with Crippen molar-refractivity contribution in [3.8, 4) is 0 Å². The molecule has 0 aliphatic rings. The number of nitrogens with zero attached hydrogens (tertiary/aromatic N) is 1. The minimum Gasteiger partial charge on any atom is -0.299 e. The summed E-state index contributed by atoms with van der Waals surface area (Å²) >= 11 is 3.46. The monoisotopic (exact) mass is 283 g/mol. The molecule has 16 heavy (non-hydrogen) atoms. The fourth-order valence-electron chi connectivity index (χ4n) is 1.68. The minimum absolute atomic E-state index is 0.324. The van der Waals surface area contributed by atoms with Crippen LogP contribution in [0.1, 0.15) is 33.3 Å². The van der Waals surface area contributed by atoms with Crippen LogP contribution in [0.15, 0.2) is 28.7 Å². The van der Waals surface area contributed by atoms with Crippen molar-refractivity contribution in [2.75, 3.05) is 7.05 Å². The molecule has 1 aromatic rings. The Morgan fingerprint density at radius 1 is 1.19 bits per heavy atom. The van der Waals surface area contributed by atoms with Gasteiger partial charge < -0.3 is 0 Å². The average molecular weight is 284 g/mol. The first-order valence-corrected chi connectivity index (χ1v) is 6.54. The van der Waals surface area contributed by atoms with E-state index < -0.39 is 0 Å². The van der Waals surface area contributed by atoms with Crippen molar-refractivity contribution >= 4 is 15.9 Å². The molecule has 0 fully saturated rings. The zero-order valence-electron chi connectivity index (χ0n) is 10.9. The fourth-order valence-corrected chi connectivity index (χ4v) is 1.94. The Morgan fingerprint density at radius 3 is 2.12 bits per heavy atom. The van der Waals surface area contributed by atoms with Gasteiger partial charge in [-0.3, -0.25) is 4.90 Å². The maximum atomic E-state index is 3.46. The highest BCUT2D eigenvalue weighted by Crippen LogP contribution is 2.24. The van der Waals surface area contributed by atoms with E-state index in [1.165, 1.54) is 5.56 Å². The lowest BCUT2D eigenvalue weighted by Crippen LogP contribution is -2.38. The summed E-state index contributed by atoms with van der Waals surface area (Å²) in [6.45, 7) is 10.2. The summed E-state index contributed by atoms with van der Waals surface area (Å²) in [5, 5.41) is 0. The van der Waals surface area contributed by atoms with E-state index in [9.17, 15) is 0 Å². The van der Waals surface area contributed by atoms with Crippen molar-refractivity contribution in [1.29, 1.82) is 0 Å². The fraction of sp³-hybridized carbons (Fsp3) is 0.571. The number of benzene rings is 1. The Labute approximate surface area is 108 Å². The van der Waals surface area contributed by atoms with Gasteiger partial charge >= 0.3 is 0 Å². The third-order valence-electron chi connectivity index (χ3n) is 3.26. The highest BCUT2D eigenvalue weighted by atomic mass is 79.9. The quantitative estimate of drug-likeness (QED) is 0.799. The Balaban J connectivity index is 2.64. The first-order valence-electron chi connectivity index (χ1n) is 5.75. The molecule has 0 N–H and O–H groups in total. The normalized spacial score (nSPS) is 14.2. The molecular weight excluding hydrogens is 262 g/mol. The molecule has 1 nitrogen and oxygen atoms in total. The number of halogens is 1. The standard InChI is InChI=1S/C14H22BrN/c1-11(14(2,3)4)16(5)10-12-6-8-13(15)9-7-12/h6-9,11H,10H2,1-5H3. The summed E-state index contributed by atoms with van der Waals surface area (Å²) in [6.07, 6.45) is 0. The second-order valence-corrected chi connectivity index (χ2v) is 6.50. The lowest BCUT2D eigenvalue weighted by molar-refractivity contribution is 0.134. The van der Waals surface area contributed by atoms with Crippen molar-refractivity contribution in [3.63, 3.8) is 0 Å². The summed E-state index contributed by atoms with van der Waals surface area (Å²) in [5.41, 5.74) is 1.69. The molecule has 1 rings (SSSR count). The molecule has 0 radical (unpaired) electrons. The molecule has 0 aromatic heterocycles. The van der Waals surface area contributed by atoms with Gasteiger partial charge in [-0.1, -0.05) is 48.8 Å². The average Bonchev–Trinajstić information content (AvgIpc) is 2.19. The largest absolute Gasteiger partial charge is 0.299 e. The Bertz CT molecular complexity index is 324. The van der Waals surface area contributed by atoms with Crippen LogP contribution in [-0.2, 0) is 6.54 Å². The molecule has 1 unspecified atom stereocenters. The van der Waals surface area contributed by atoms with Gasteiger partial charge in [0.25, 0.3) is 0 Å². The smallest absolute Gasteiger partial charge is 0.0233 e. The van der Waals surface area contributed by atoms with E-state index in [1.807, 2.05) is 0 Å². The van der Waals surface area contributed by atoms with Gasteiger partial charge in [0.1, 0.15) is 0 Å². The molecule has 0 aliphatic heterocycles. The van der Waals surface area contributed by atoms with Gasteiger partial charge in [-0.2, -0.15) is 0 Å². The van der Waals surface area contributed by atoms with Gasteiger partial charge in [0.15, 0.2) is 0 Å². The molecule has 0 saturated heterocycles. The van der Waals surface area contributed by atoms with Crippen molar-refractivity contribution in [2.45, 2.75) is 40.3 Å². The number of hydrogen-bond donors (Lipinski definition) is 0. The van der Waals surface area contributed by atoms with E-state index in [0.29, 0.717) is 11.5 Å². The first-order chi connectivity index (χ1) is 7.30. The van der Waals surface area contributed by atoms with E-state index in [-0.39, 0.29) is 0 Å². The van der Waals surface area contributed by atoms with E-state index in [4.69, 9.17) is 0 Å². The minimum atomic E-state index is 0.324. The third-order valence-corrected chi connectivity index (χ3v) is 3.79. The zero-order chi connectivity index (χ0) is 12.3. The van der Waals surface area contributed by atoms with Crippen molar-refractivity contribution in [1.82, 2.24) is 4.90 Å². The maximum Gasteiger partial charge on any atom is 0.0233 e. The van der Waals surface area contributed by atoms with Crippen molar-refractivity contribution in [3.05, 3.63) is 34.3 Å². The highest BCUT2D eigenvalue weighted by Gasteiger charge is 2.23. The van der Waals surface area contributed by atoms with Crippen LogP contribution in [0.25, 0.3) is 0 Å². The van der Waals surface area contributed by atoms with Gasteiger partial charge in [-0.25, -0.2) is 0 Å². The SMILES string of the molecule is CC(N(C)Cc1ccc(Br)cc1)C(C)(C)C. The molecule has 0 bridgehead atoms. The molecule has 1 aromatic carbocycles. The van der Waals surface area contributed by atoms with Crippen LogP contribution < -0.4 is 0 Å². The molecule has 0 aliphatic carbocycles. The van der Waals surface area contributed by atoms with E-state index in [0.717, 1.165) is 11.0 Å². The molecule has 0 heterocycles. The third kappa shape index (κ3) is 3.91. The Hall–Kier alpha value is -0.340. The van der Waals surface area contributed by atoms with Crippen molar-refractivity contribution in [2.24, 2.45) is 5.41 Å². The molecule has 0 amide bonds. The van der Waals surface area contributed by atoms with E-state index in [1.54, 1.807) is 0 Å². The van der Waals surface area contributed by atoms with Crippen LogP contribution in [0.2, 0.25) is 0 Å². The highest BCUT2D eigenvalue weighted by molar-refractivity contribution is 9.10. The molecule has 0 saturated carbocycles. The molecule has 1 atom stereocenters. The predicted octanol–water partition coefficient (Wildman–Crippen LogP) is 4.32. The maximum absolute atomic E-state index is 3.46. The summed E-state index contributed by atoms with van der Waals surface area (Å²) in [7, 11) is 2.19. The van der Waals surface area contributed by atoms with Gasteiger partial charge in [0, 0.05) is 17.1 Å². The summed E-state index contributed by atoms with van der Waals surface area (Å²) in [5.74, 6) is 0. The Morgan fingerprint density at radius 2 is 1.69 bits per heavy atom. The van der Waals surface area contributed by atoms with Crippen LogP contribution in [-0.4, -0.2) is 18.0 Å². The summed E-state index contributed by atoms with van der Waals surface area (Å²) in [4.78, 5) is 2.41. The van der Waals surface area contributed by atoms with Crippen molar-refractivity contribution < 1.29 is 0 Å². The lowest BCUT2D eigenvalue weighted by Gasteiger charge is -2.35. The molecule has 90 valence electrons. The van der Waals surface area contributed by atoms with Gasteiger partial charge in [-0.05, 0) is 37.1 Å². The molecular formula is C14H22BrN. The van der Waals surface area contributed by atoms with Crippen LogP contribution >= 0.6 is 15.9 Å². The second-order valence-electron chi connectivity index (χ2n) is 5.58. The zero-order valence-corrected chi connectivity index (χ0v) is 12.5. The first kappa shape index (κ1) is 13.7. The van der Waals surface area contributed by atoms with Crippen LogP contribution in [0.4, 0.5) is 0 Å². The summed E-state index contributed by atoms with van der Waals surface area (Å²) in [6, 6.07) is 9.12. The molecule has 0 spiro atoms. The van der Waals surface area contributed by atoms with Gasteiger partial charge in [-0.15, -0.1) is 0 Å². The van der Waals surface area contributed by atoms with Crippen LogP contribution in [0.3, 0.4) is 0 Å². The van der Waals surface area contributed by atoms with Crippen LogP contribution in [0.5, 0.6) is 0 Å². The number of rotatable bonds is 3. The lowest BCUT2D eigenvalue weighted by atomic mass is 9.87. The summed E-state index contributed by atoms with van der Waals surface area (Å²) < 4.78 is 1.14. The van der Waals surface area contributed by atoms with E-state index >= 15 is 0 Å². The Kier molecular flexibility index (Phi) is 4.57. The molecule has 2 heteroatoms. The van der Waals surface area contributed by atoms with Crippen LogP contribution in [0, 0.1) is 5.41 Å². The topological polar surface area (TPSA) is 3.24 Å². The number of hydrogen-bond acceptors (Lipinski definition) is 1. The van der Waals surface area contributed by atoms with Gasteiger partial charge in [0.05, 0.1) is 0 Å².